The third-order valence-electron chi connectivity index (χ3n) is 7.46. The number of amides is 1. The lowest BCUT2D eigenvalue weighted by molar-refractivity contribution is -0.122. The van der Waals surface area contributed by atoms with Gasteiger partial charge in [-0.1, -0.05) is 35.9 Å². The van der Waals surface area contributed by atoms with Crippen LogP contribution in [0, 0.1) is 0 Å². The van der Waals surface area contributed by atoms with E-state index in [1.165, 1.54) is 24.4 Å². The monoisotopic (exact) mass is 640 g/mol. The molecule has 1 aliphatic rings. The van der Waals surface area contributed by atoms with Gasteiger partial charge >= 0.3 is 0 Å². The van der Waals surface area contributed by atoms with Gasteiger partial charge in [0.05, 0.1) is 19.2 Å². The number of carbonyl (C=O) groups excluding carboxylic acids is 1. The molecule has 1 amide bonds. The average molecular weight is 641 g/mol. The Kier molecular flexibility index (Phi) is 9.43. The number of hydrogen-bond acceptors (Lipinski definition) is 7. The molecule has 2 aromatic carbocycles. The number of aromatic nitrogens is 1. The van der Waals surface area contributed by atoms with Crippen LogP contribution in [-0.2, 0) is 27.8 Å². The smallest absolute Gasteiger partial charge is 0.250 e. The summed E-state index contributed by atoms with van der Waals surface area (Å²) in [5, 5.41) is 7.98. The number of thiophene rings is 1. The molecule has 228 valence electrons. The Bertz CT molecular complexity index is 1720. The van der Waals surface area contributed by atoms with Gasteiger partial charge in [0.15, 0.2) is 0 Å². The maximum atomic E-state index is 13.6. The van der Waals surface area contributed by atoms with Crippen molar-refractivity contribution in [3.05, 3.63) is 88.1 Å². The van der Waals surface area contributed by atoms with Crippen molar-refractivity contribution in [2.24, 2.45) is 0 Å². The van der Waals surface area contributed by atoms with Gasteiger partial charge in [-0.2, -0.15) is 0 Å². The van der Waals surface area contributed by atoms with Crippen molar-refractivity contribution >= 4 is 49.0 Å². The number of methoxy groups -OCH3 is 1. The van der Waals surface area contributed by atoms with Gasteiger partial charge < -0.3 is 15.4 Å². The van der Waals surface area contributed by atoms with Gasteiger partial charge in [0.2, 0.25) is 11.8 Å². The first-order valence-electron chi connectivity index (χ1n) is 14.3. The fourth-order valence-electron chi connectivity index (χ4n) is 5.25. The van der Waals surface area contributed by atoms with Crippen molar-refractivity contribution in [3.8, 4) is 5.88 Å². The molecule has 11 heteroatoms. The lowest BCUT2D eigenvalue weighted by Gasteiger charge is -2.28. The number of pyridine rings is 1. The lowest BCUT2D eigenvalue weighted by Crippen LogP contribution is -2.36. The van der Waals surface area contributed by atoms with Crippen LogP contribution in [-0.4, -0.2) is 32.0 Å². The molecule has 2 atom stereocenters. The minimum absolute atomic E-state index is 0.0224. The Labute approximate surface area is 262 Å². The molecule has 0 aliphatic heterocycles. The molecular weight excluding hydrogens is 604 g/mol. The fourth-order valence-corrected chi connectivity index (χ4v) is 8.05. The molecule has 0 saturated heterocycles. The summed E-state index contributed by atoms with van der Waals surface area (Å²) in [6.45, 7) is 7.21. The van der Waals surface area contributed by atoms with E-state index in [1.54, 1.807) is 36.4 Å². The summed E-state index contributed by atoms with van der Waals surface area (Å²) in [6, 6.07) is 15.7. The van der Waals surface area contributed by atoms with Gasteiger partial charge in [-0.3, -0.25) is 4.79 Å². The van der Waals surface area contributed by atoms with E-state index >= 15 is 0 Å². The first kappa shape index (κ1) is 31.4. The van der Waals surface area contributed by atoms with Crippen LogP contribution in [0.4, 0.5) is 0 Å². The number of rotatable bonds is 10. The molecule has 8 nitrogen and oxygen atoms in total. The molecule has 0 bridgehead atoms. The first-order chi connectivity index (χ1) is 20.4. The first-order valence-corrected chi connectivity index (χ1v) is 17.0. The third-order valence-corrected chi connectivity index (χ3v) is 10.8. The van der Waals surface area contributed by atoms with E-state index in [0.717, 1.165) is 52.8 Å². The fraction of sp³-hybridized carbons (Fsp3) is 0.375. The maximum absolute atomic E-state index is 13.6. The Morgan fingerprint density at radius 1 is 1.14 bits per heavy atom. The van der Waals surface area contributed by atoms with Gasteiger partial charge in [-0.15, -0.1) is 11.3 Å². The van der Waals surface area contributed by atoms with E-state index in [0.29, 0.717) is 16.5 Å². The zero-order valence-electron chi connectivity index (χ0n) is 24.7. The number of nitrogens with zero attached hydrogens (tertiary/aromatic N) is 1. The van der Waals surface area contributed by atoms with Crippen molar-refractivity contribution in [1.29, 1.82) is 0 Å². The van der Waals surface area contributed by atoms with Crippen LogP contribution in [0.1, 0.15) is 74.4 Å². The number of carbonyl (C=O) groups is 1. The molecule has 3 N–H and O–H groups in total. The van der Waals surface area contributed by atoms with Gasteiger partial charge in [0.25, 0.3) is 10.0 Å². The van der Waals surface area contributed by atoms with E-state index in [2.05, 4.69) is 59.3 Å². The van der Waals surface area contributed by atoms with Crippen molar-refractivity contribution < 1.29 is 17.9 Å². The molecule has 0 spiro atoms. The molecular formula is C32H37ClN4O4S2. The van der Waals surface area contributed by atoms with Crippen LogP contribution < -0.4 is 20.1 Å². The summed E-state index contributed by atoms with van der Waals surface area (Å²) < 4.78 is 36.0. The lowest BCUT2D eigenvalue weighted by atomic mass is 9.86. The molecule has 0 unspecified atom stereocenters. The van der Waals surface area contributed by atoms with E-state index < -0.39 is 16.1 Å². The Hall–Kier alpha value is -3.02. The predicted molar refractivity (Wildman–Crippen MR) is 172 cm³/mol. The Balaban J connectivity index is 1.35. The maximum Gasteiger partial charge on any atom is 0.250 e. The number of nitrogens with one attached hydrogen (secondary N) is 3. The number of fused-ring (bicyclic) bond motifs is 2. The Morgan fingerprint density at radius 3 is 2.67 bits per heavy atom. The highest BCUT2D eigenvalue weighted by Gasteiger charge is 2.28. The third kappa shape index (κ3) is 7.93. The molecule has 5 rings (SSSR count). The summed E-state index contributed by atoms with van der Waals surface area (Å²) in [6.07, 6.45) is 4.19. The van der Waals surface area contributed by atoms with E-state index in [-0.39, 0.29) is 28.1 Å². The quantitative estimate of drug-likeness (QED) is 0.184. The van der Waals surface area contributed by atoms with Crippen LogP contribution in [0.15, 0.2) is 65.0 Å². The normalized spacial score (nSPS) is 16.1. The van der Waals surface area contributed by atoms with Gasteiger partial charge in [-0.05, 0) is 91.9 Å². The summed E-state index contributed by atoms with van der Waals surface area (Å²) in [5.74, 6) is 0.148. The highest BCUT2D eigenvalue weighted by Crippen LogP contribution is 2.33. The van der Waals surface area contributed by atoms with Crippen LogP contribution in [0.2, 0.25) is 5.02 Å². The van der Waals surface area contributed by atoms with E-state index in [1.807, 2.05) is 0 Å². The Morgan fingerprint density at radius 2 is 1.95 bits per heavy atom. The second-order valence-electron chi connectivity index (χ2n) is 11.9. The SMILES string of the molecule is COc1ccc([C@@H](CC(=O)N[C@@H]2CCCc3cc(CNC(C)(C)C)ccc32)NS(=O)(=O)c2cc3cc(Cl)ccc3s2)cn1. The minimum Gasteiger partial charge on any atom is -0.481 e. The van der Waals surface area contributed by atoms with Crippen molar-refractivity contribution in [2.75, 3.05) is 7.11 Å². The van der Waals surface area contributed by atoms with Crippen LogP contribution in [0.3, 0.4) is 0 Å². The number of benzene rings is 2. The molecule has 2 aromatic heterocycles. The number of aryl methyl sites for hydroxylation is 1. The highest BCUT2D eigenvalue weighted by molar-refractivity contribution is 7.91. The van der Waals surface area contributed by atoms with Crippen molar-refractivity contribution in [3.63, 3.8) is 0 Å². The molecule has 0 fully saturated rings. The molecule has 4 aromatic rings. The summed E-state index contributed by atoms with van der Waals surface area (Å²) >= 11 is 7.27. The standard InChI is InChI=1S/C32H37ClN4O4S2/c1-32(2,3)35-18-20-8-11-25-21(14-20)6-5-7-26(25)36-29(38)17-27(22-9-13-30(41-4)34-19-22)37-43(39,40)31-16-23-15-24(33)10-12-28(23)42-31/h8-16,19,26-27,35,37H,5-7,17-18H2,1-4H3,(H,36,38)/t26-,27-/m1/s1. The van der Waals surface area contributed by atoms with Gasteiger partial charge in [0.1, 0.15) is 4.21 Å². The number of ether oxygens (including phenoxy) is 1. The van der Waals surface area contributed by atoms with E-state index in [9.17, 15) is 13.2 Å². The zero-order valence-corrected chi connectivity index (χ0v) is 27.1. The molecule has 0 radical (unpaired) electrons. The van der Waals surface area contributed by atoms with Crippen molar-refractivity contribution in [1.82, 2.24) is 20.3 Å². The predicted octanol–water partition coefficient (Wildman–Crippen LogP) is 6.45. The summed E-state index contributed by atoms with van der Waals surface area (Å²) in [5.41, 5.74) is 4.15. The van der Waals surface area contributed by atoms with Crippen LogP contribution in [0.25, 0.3) is 10.1 Å². The highest BCUT2D eigenvalue weighted by atomic mass is 35.5. The van der Waals surface area contributed by atoms with Gasteiger partial charge in [0, 0.05) is 40.5 Å². The number of halogens is 1. The van der Waals surface area contributed by atoms with Gasteiger partial charge in [-0.25, -0.2) is 18.1 Å². The number of sulfonamides is 1. The zero-order chi connectivity index (χ0) is 30.8. The minimum atomic E-state index is -3.97. The summed E-state index contributed by atoms with van der Waals surface area (Å²) in [7, 11) is -2.46. The van der Waals surface area contributed by atoms with Crippen molar-refractivity contribution in [2.45, 2.75) is 74.8 Å². The second-order valence-corrected chi connectivity index (χ2v) is 15.4. The second kappa shape index (κ2) is 12.9. The molecule has 2 heterocycles. The molecule has 43 heavy (non-hydrogen) atoms. The topological polar surface area (TPSA) is 109 Å². The van der Waals surface area contributed by atoms with Crippen LogP contribution >= 0.6 is 22.9 Å². The summed E-state index contributed by atoms with van der Waals surface area (Å²) in [4.78, 5) is 17.7. The number of hydrogen-bond donors (Lipinski definition) is 3. The molecule has 0 saturated carbocycles. The largest absolute Gasteiger partial charge is 0.481 e. The van der Waals surface area contributed by atoms with Crippen LogP contribution in [0.5, 0.6) is 5.88 Å². The molecule has 1 aliphatic carbocycles. The average Bonchev–Trinajstić information content (AvgIpc) is 3.40. The van der Waals surface area contributed by atoms with E-state index in [4.69, 9.17) is 16.3 Å².